The summed E-state index contributed by atoms with van der Waals surface area (Å²) in [6, 6.07) is 10.7. The molecule has 0 fully saturated rings. The summed E-state index contributed by atoms with van der Waals surface area (Å²) in [5.41, 5.74) is 1.14. The molecule has 1 aliphatic rings. The van der Waals surface area contributed by atoms with Crippen molar-refractivity contribution < 1.29 is 4.79 Å². The molecule has 3 heteroatoms. The first kappa shape index (κ1) is 14.4. The van der Waals surface area contributed by atoms with Crippen LogP contribution in [0.15, 0.2) is 42.1 Å². The van der Waals surface area contributed by atoms with Crippen molar-refractivity contribution in [2.75, 3.05) is 6.54 Å². The molecule has 102 valence electrons. The van der Waals surface area contributed by atoms with E-state index in [2.05, 4.69) is 35.6 Å². The Bertz CT molecular complexity index is 428. The van der Waals surface area contributed by atoms with Gasteiger partial charge >= 0.3 is 121 Å². The Morgan fingerprint density at radius 2 is 1.95 bits per heavy atom. The monoisotopic (exact) mass is 323 g/mol. The molecule has 0 radical (unpaired) electrons. The topological polar surface area (TPSA) is 29.1 Å². The fourth-order valence-corrected chi connectivity index (χ4v) is 4.07. The Balaban J connectivity index is 1.54. The summed E-state index contributed by atoms with van der Waals surface area (Å²) in [4.78, 5) is 11.3. The molecule has 0 atom stereocenters. The molecule has 19 heavy (non-hydrogen) atoms. The van der Waals surface area contributed by atoms with Crippen LogP contribution in [0.2, 0.25) is 5.32 Å². The van der Waals surface area contributed by atoms with Crippen LogP contribution in [0.5, 0.6) is 0 Å². The van der Waals surface area contributed by atoms with Crippen molar-refractivity contribution in [3.8, 4) is 0 Å². The van der Waals surface area contributed by atoms with Gasteiger partial charge in [0.25, 0.3) is 0 Å². The van der Waals surface area contributed by atoms with Gasteiger partial charge in [0.15, 0.2) is 0 Å². The first-order valence-corrected chi connectivity index (χ1v) is 9.06. The first-order valence-electron chi connectivity index (χ1n) is 7.00. The van der Waals surface area contributed by atoms with E-state index in [1.807, 2.05) is 0 Å². The summed E-state index contributed by atoms with van der Waals surface area (Å²) >= 11 is 0.612. The predicted octanol–water partition coefficient (Wildman–Crippen LogP) is 2.44. The second kappa shape index (κ2) is 8.19. The van der Waals surface area contributed by atoms with E-state index in [4.69, 9.17) is 0 Å². The molecule has 0 unspecified atom stereocenters. The Morgan fingerprint density at radius 3 is 2.74 bits per heavy atom. The molecule has 2 nitrogen and oxygen atoms in total. The standard InChI is InChI=1S/C16H21NOSe/c18-15-8-6-7-14(13-15)17-11-4-5-12-19-16-9-2-1-3-10-16/h1-3,9-10,13,17H,4-8,11-12H2. The van der Waals surface area contributed by atoms with Gasteiger partial charge in [-0.3, -0.25) is 0 Å². The maximum absolute atomic E-state index is 11.3. The molecule has 1 N–H and O–H groups in total. The Labute approximate surface area is 121 Å². The molecular weight excluding hydrogens is 301 g/mol. The summed E-state index contributed by atoms with van der Waals surface area (Å²) in [5, 5.41) is 4.70. The average Bonchev–Trinajstić information content (AvgIpc) is 2.44. The van der Waals surface area contributed by atoms with Gasteiger partial charge in [0, 0.05) is 0 Å². The Morgan fingerprint density at radius 1 is 1.11 bits per heavy atom. The van der Waals surface area contributed by atoms with Crippen molar-refractivity contribution in [1.82, 2.24) is 5.32 Å². The van der Waals surface area contributed by atoms with Gasteiger partial charge in [0.05, 0.1) is 0 Å². The number of carbonyl (C=O) groups excluding carboxylic acids is 1. The zero-order valence-corrected chi connectivity index (χ0v) is 12.9. The normalized spacial score (nSPS) is 15.2. The van der Waals surface area contributed by atoms with Crippen LogP contribution in [0.3, 0.4) is 0 Å². The van der Waals surface area contributed by atoms with E-state index in [0.29, 0.717) is 15.0 Å². The number of hydrogen-bond donors (Lipinski definition) is 1. The Hall–Kier alpha value is -1.05. The zero-order valence-electron chi connectivity index (χ0n) is 11.2. The summed E-state index contributed by atoms with van der Waals surface area (Å²) < 4.78 is 1.49. The summed E-state index contributed by atoms with van der Waals surface area (Å²) in [5.74, 6) is 0.279. The number of rotatable bonds is 7. The second-order valence-electron chi connectivity index (χ2n) is 4.78. The molecular formula is C16H21NOSe. The summed E-state index contributed by atoms with van der Waals surface area (Å²) in [7, 11) is 0. The Kier molecular flexibility index (Phi) is 6.19. The van der Waals surface area contributed by atoms with Crippen molar-refractivity contribution in [2.24, 2.45) is 0 Å². The molecule has 0 aromatic heterocycles. The van der Waals surface area contributed by atoms with Gasteiger partial charge < -0.3 is 0 Å². The molecule has 0 heterocycles. The fraction of sp³-hybridized carbons (Fsp3) is 0.438. The van der Waals surface area contributed by atoms with Crippen LogP contribution in [0.1, 0.15) is 32.1 Å². The molecule has 0 spiro atoms. The number of allylic oxidation sites excluding steroid dienone is 2. The van der Waals surface area contributed by atoms with Gasteiger partial charge in [-0.1, -0.05) is 0 Å². The van der Waals surface area contributed by atoms with E-state index in [0.717, 1.165) is 31.5 Å². The third-order valence-electron chi connectivity index (χ3n) is 3.14. The molecule has 1 aliphatic carbocycles. The summed E-state index contributed by atoms with van der Waals surface area (Å²) in [6.07, 6.45) is 7.03. The molecule has 0 bridgehead atoms. The minimum absolute atomic E-state index is 0.279. The van der Waals surface area contributed by atoms with Crippen LogP contribution < -0.4 is 9.78 Å². The van der Waals surface area contributed by atoms with Crippen LogP contribution in [0.25, 0.3) is 0 Å². The van der Waals surface area contributed by atoms with E-state index in [1.165, 1.54) is 22.6 Å². The van der Waals surface area contributed by atoms with Crippen molar-refractivity contribution >= 4 is 25.2 Å². The van der Waals surface area contributed by atoms with Crippen LogP contribution in [-0.2, 0) is 4.79 Å². The van der Waals surface area contributed by atoms with E-state index in [1.54, 1.807) is 6.08 Å². The SMILES string of the molecule is O=C1C=C(NCCCC[Se]c2ccccc2)CCC1. The minimum atomic E-state index is 0.279. The molecule has 0 aliphatic heterocycles. The van der Waals surface area contributed by atoms with Crippen LogP contribution in [0.4, 0.5) is 0 Å². The van der Waals surface area contributed by atoms with Gasteiger partial charge in [0.1, 0.15) is 0 Å². The van der Waals surface area contributed by atoms with Crippen molar-refractivity contribution in [2.45, 2.75) is 37.4 Å². The first-order chi connectivity index (χ1) is 9.34. The molecule has 0 saturated heterocycles. The third-order valence-corrected chi connectivity index (χ3v) is 5.44. The van der Waals surface area contributed by atoms with Gasteiger partial charge in [-0.25, -0.2) is 0 Å². The molecule has 0 saturated carbocycles. The predicted molar refractivity (Wildman–Crippen MR) is 80.8 cm³/mol. The van der Waals surface area contributed by atoms with Crippen molar-refractivity contribution in [1.29, 1.82) is 0 Å². The van der Waals surface area contributed by atoms with Crippen molar-refractivity contribution in [3.05, 3.63) is 42.1 Å². The van der Waals surface area contributed by atoms with Gasteiger partial charge in [-0.05, 0) is 0 Å². The van der Waals surface area contributed by atoms with Gasteiger partial charge in [0.2, 0.25) is 0 Å². The number of carbonyl (C=O) groups is 1. The van der Waals surface area contributed by atoms with E-state index >= 15 is 0 Å². The van der Waals surface area contributed by atoms with Gasteiger partial charge in [-0.2, -0.15) is 0 Å². The number of benzene rings is 1. The molecule has 2 rings (SSSR count). The summed E-state index contributed by atoms with van der Waals surface area (Å²) in [6.45, 7) is 1.00. The number of unbranched alkanes of at least 4 members (excludes halogenated alkanes) is 1. The quantitative estimate of drug-likeness (QED) is 0.617. The van der Waals surface area contributed by atoms with E-state index in [9.17, 15) is 4.79 Å². The van der Waals surface area contributed by atoms with Crippen molar-refractivity contribution in [3.63, 3.8) is 0 Å². The van der Waals surface area contributed by atoms with E-state index in [-0.39, 0.29) is 5.78 Å². The molecule has 1 aromatic rings. The van der Waals surface area contributed by atoms with Crippen LogP contribution in [0, 0.1) is 0 Å². The number of nitrogens with one attached hydrogen (secondary N) is 1. The van der Waals surface area contributed by atoms with E-state index < -0.39 is 0 Å². The number of ketones is 1. The number of hydrogen-bond acceptors (Lipinski definition) is 2. The maximum atomic E-state index is 11.3. The average molecular weight is 322 g/mol. The molecule has 0 amide bonds. The van der Waals surface area contributed by atoms with Crippen LogP contribution >= 0.6 is 0 Å². The fourth-order valence-electron chi connectivity index (χ4n) is 2.11. The molecule has 1 aromatic carbocycles. The third kappa shape index (κ3) is 5.63. The van der Waals surface area contributed by atoms with Gasteiger partial charge in [-0.15, -0.1) is 0 Å². The second-order valence-corrected chi connectivity index (χ2v) is 7.24. The van der Waals surface area contributed by atoms with Crippen LogP contribution in [-0.4, -0.2) is 27.3 Å². The zero-order chi connectivity index (χ0) is 13.3.